The normalized spacial score (nSPS) is 57.6. The molecule has 0 aromatic rings. The number of hydrogen-bond acceptors (Lipinski definition) is 2. The smallest absolute Gasteiger partial charge is 0.0802 e. The summed E-state index contributed by atoms with van der Waals surface area (Å²) in [5.41, 5.74) is 8.25. The van der Waals surface area contributed by atoms with Crippen LogP contribution in [0.3, 0.4) is 0 Å². The van der Waals surface area contributed by atoms with Crippen molar-refractivity contribution in [3.8, 4) is 0 Å². The predicted octanol–water partition coefficient (Wildman–Crippen LogP) is 4.03. The van der Waals surface area contributed by atoms with Gasteiger partial charge in [0.15, 0.2) is 0 Å². The van der Waals surface area contributed by atoms with Gasteiger partial charge in [0.2, 0.25) is 0 Å². The van der Waals surface area contributed by atoms with Gasteiger partial charge in [-0.3, -0.25) is 0 Å². The molecule has 2 heteroatoms. The molecule has 4 aliphatic carbocycles. The van der Waals surface area contributed by atoms with E-state index in [1.54, 1.807) is 5.57 Å². The maximum atomic E-state index is 10.5. The molecule has 7 atom stereocenters. The predicted molar refractivity (Wildman–Crippen MR) is 90.3 cm³/mol. The zero-order chi connectivity index (χ0) is 15.8. The van der Waals surface area contributed by atoms with Gasteiger partial charge in [-0.15, -0.1) is 0 Å². The van der Waals surface area contributed by atoms with E-state index in [-0.39, 0.29) is 0 Å². The zero-order valence-electron chi connectivity index (χ0n) is 14.6. The lowest BCUT2D eigenvalue weighted by Crippen LogP contribution is -2.53. The number of aliphatic hydroxyl groups is 1. The highest BCUT2D eigenvalue weighted by Crippen LogP contribution is 2.65. The van der Waals surface area contributed by atoms with Crippen molar-refractivity contribution in [2.24, 2.45) is 34.3 Å². The number of hydrogen-bond donors (Lipinski definition) is 2. The molecular formula is C20H33NO. The van der Waals surface area contributed by atoms with Crippen LogP contribution in [0.2, 0.25) is 0 Å². The average Bonchev–Trinajstić information content (AvgIpc) is 2.76. The minimum atomic E-state index is -0.569. The largest absolute Gasteiger partial charge is 0.386 e. The fraction of sp³-hybridized carbons (Fsp3) is 0.900. The third-order valence-corrected chi connectivity index (χ3v) is 8.45. The van der Waals surface area contributed by atoms with Crippen LogP contribution in [-0.4, -0.2) is 16.7 Å². The highest BCUT2D eigenvalue weighted by molar-refractivity contribution is 5.27. The van der Waals surface area contributed by atoms with Gasteiger partial charge in [0.05, 0.1) is 5.60 Å². The van der Waals surface area contributed by atoms with E-state index in [0.717, 1.165) is 24.2 Å². The summed E-state index contributed by atoms with van der Waals surface area (Å²) >= 11 is 0. The molecule has 0 spiro atoms. The van der Waals surface area contributed by atoms with E-state index in [9.17, 15) is 5.11 Å². The van der Waals surface area contributed by atoms with Crippen molar-refractivity contribution >= 4 is 0 Å². The van der Waals surface area contributed by atoms with Gasteiger partial charge in [-0.2, -0.15) is 0 Å². The van der Waals surface area contributed by atoms with Crippen LogP contribution in [-0.2, 0) is 0 Å². The summed E-state index contributed by atoms with van der Waals surface area (Å²) in [6, 6.07) is 0.426. The van der Waals surface area contributed by atoms with Gasteiger partial charge in [0, 0.05) is 6.04 Å². The van der Waals surface area contributed by atoms with Crippen LogP contribution in [0, 0.1) is 28.6 Å². The Bertz CT molecular complexity index is 510. The molecule has 0 saturated heterocycles. The molecule has 4 aliphatic rings. The van der Waals surface area contributed by atoms with Crippen molar-refractivity contribution in [3.63, 3.8) is 0 Å². The SMILES string of the molecule is CC1(O)C=C2CC[C@@H]3[C@@H](CC[C@]4(C)C(N)CC[C@@H]34)[C@@]2(C)CC1. The molecule has 2 unspecified atom stereocenters. The van der Waals surface area contributed by atoms with E-state index in [4.69, 9.17) is 5.73 Å². The standard InChI is InChI=1S/C20H33NO/c1-18(22)10-11-19(2)13(12-18)4-5-14-15-6-7-17(21)20(15,3)9-8-16(14)19/h12,14-17,22H,4-11,21H2,1-3H3/t14-,15-,16+,17?,18?,19-,20-/m0/s1. The number of nitrogens with two attached hydrogens (primary N) is 1. The van der Waals surface area contributed by atoms with Crippen molar-refractivity contribution in [1.82, 2.24) is 0 Å². The summed E-state index contributed by atoms with van der Waals surface area (Å²) in [6.45, 7) is 6.97. The van der Waals surface area contributed by atoms with Crippen LogP contribution in [0.5, 0.6) is 0 Å². The van der Waals surface area contributed by atoms with Gasteiger partial charge in [-0.25, -0.2) is 0 Å². The van der Waals surface area contributed by atoms with E-state index < -0.39 is 5.60 Å². The first-order valence-corrected chi connectivity index (χ1v) is 9.46. The van der Waals surface area contributed by atoms with Crippen LogP contribution >= 0.6 is 0 Å². The number of fused-ring (bicyclic) bond motifs is 5. The Kier molecular flexibility index (Phi) is 3.18. The molecular weight excluding hydrogens is 270 g/mol. The van der Waals surface area contributed by atoms with Crippen LogP contribution in [0.4, 0.5) is 0 Å². The second-order valence-corrected chi connectivity index (χ2v) is 9.59. The fourth-order valence-corrected chi connectivity index (χ4v) is 6.91. The van der Waals surface area contributed by atoms with E-state index in [0.29, 0.717) is 16.9 Å². The lowest BCUT2D eigenvalue weighted by molar-refractivity contribution is -0.0525. The first-order valence-electron chi connectivity index (χ1n) is 9.46. The van der Waals surface area contributed by atoms with E-state index >= 15 is 0 Å². The average molecular weight is 303 g/mol. The number of allylic oxidation sites excluding steroid dienone is 1. The van der Waals surface area contributed by atoms with Gasteiger partial charge in [0.25, 0.3) is 0 Å². The summed E-state index contributed by atoms with van der Waals surface area (Å²) in [4.78, 5) is 0. The second kappa shape index (κ2) is 4.60. The molecule has 4 rings (SSSR count). The Morgan fingerprint density at radius 1 is 1.00 bits per heavy atom. The highest BCUT2D eigenvalue weighted by Gasteiger charge is 2.58. The van der Waals surface area contributed by atoms with Gasteiger partial charge in [-0.1, -0.05) is 25.5 Å². The Morgan fingerprint density at radius 2 is 1.77 bits per heavy atom. The molecule has 0 amide bonds. The summed E-state index contributed by atoms with van der Waals surface area (Å²) < 4.78 is 0. The molecule has 3 fully saturated rings. The fourth-order valence-electron chi connectivity index (χ4n) is 6.91. The summed E-state index contributed by atoms with van der Waals surface area (Å²) in [6.07, 6.45) is 12.1. The lowest BCUT2D eigenvalue weighted by atomic mass is 9.47. The molecule has 22 heavy (non-hydrogen) atoms. The molecule has 124 valence electrons. The van der Waals surface area contributed by atoms with Crippen molar-refractivity contribution < 1.29 is 5.11 Å². The molecule has 3 saturated carbocycles. The monoisotopic (exact) mass is 303 g/mol. The molecule has 0 heterocycles. The third kappa shape index (κ3) is 1.92. The zero-order valence-corrected chi connectivity index (χ0v) is 14.6. The maximum absolute atomic E-state index is 10.5. The number of rotatable bonds is 0. The van der Waals surface area contributed by atoms with Gasteiger partial charge < -0.3 is 10.8 Å². The van der Waals surface area contributed by atoms with Crippen LogP contribution < -0.4 is 5.73 Å². The summed E-state index contributed by atoms with van der Waals surface area (Å²) in [7, 11) is 0. The first kappa shape index (κ1) is 15.2. The van der Waals surface area contributed by atoms with E-state index in [1.807, 2.05) is 6.92 Å². The molecule has 0 aliphatic heterocycles. The molecule has 0 aromatic carbocycles. The van der Waals surface area contributed by atoms with E-state index in [1.165, 1.54) is 44.9 Å². The van der Waals surface area contributed by atoms with E-state index in [2.05, 4.69) is 19.9 Å². The van der Waals surface area contributed by atoms with Crippen molar-refractivity contribution in [2.75, 3.05) is 0 Å². The van der Waals surface area contributed by atoms with Crippen LogP contribution in [0.1, 0.15) is 72.1 Å². The topological polar surface area (TPSA) is 46.2 Å². The van der Waals surface area contributed by atoms with Gasteiger partial charge in [-0.05, 0) is 86.9 Å². The van der Waals surface area contributed by atoms with Crippen molar-refractivity contribution in [2.45, 2.75) is 83.8 Å². The molecule has 0 radical (unpaired) electrons. The molecule has 3 N–H and O–H groups in total. The summed E-state index contributed by atoms with van der Waals surface area (Å²) in [5, 5.41) is 10.5. The van der Waals surface area contributed by atoms with Crippen molar-refractivity contribution in [3.05, 3.63) is 11.6 Å². The molecule has 2 nitrogen and oxygen atoms in total. The molecule has 0 bridgehead atoms. The Hall–Kier alpha value is -0.340. The first-order chi connectivity index (χ1) is 10.3. The Balaban J connectivity index is 1.68. The minimum absolute atomic E-state index is 0.346. The van der Waals surface area contributed by atoms with Crippen molar-refractivity contribution in [1.29, 1.82) is 0 Å². The Labute approximate surface area is 135 Å². The quantitative estimate of drug-likeness (QED) is 0.664. The lowest BCUT2D eigenvalue weighted by Gasteiger charge is -2.59. The maximum Gasteiger partial charge on any atom is 0.0802 e. The third-order valence-electron chi connectivity index (χ3n) is 8.45. The van der Waals surface area contributed by atoms with Crippen LogP contribution in [0.25, 0.3) is 0 Å². The van der Waals surface area contributed by atoms with Gasteiger partial charge >= 0.3 is 0 Å². The molecule has 0 aromatic heterocycles. The van der Waals surface area contributed by atoms with Gasteiger partial charge in [0.1, 0.15) is 0 Å². The minimum Gasteiger partial charge on any atom is -0.386 e. The summed E-state index contributed by atoms with van der Waals surface area (Å²) in [5.74, 6) is 2.55. The second-order valence-electron chi connectivity index (χ2n) is 9.59. The highest BCUT2D eigenvalue weighted by atomic mass is 16.3. The Morgan fingerprint density at radius 3 is 2.55 bits per heavy atom. The van der Waals surface area contributed by atoms with Crippen LogP contribution in [0.15, 0.2) is 11.6 Å².